The maximum absolute atomic E-state index is 12.0. The van der Waals surface area contributed by atoms with Gasteiger partial charge in [0.1, 0.15) is 11.5 Å². The van der Waals surface area contributed by atoms with Crippen molar-refractivity contribution in [3.8, 4) is 11.5 Å². The van der Waals surface area contributed by atoms with E-state index in [2.05, 4.69) is 46.3 Å². The summed E-state index contributed by atoms with van der Waals surface area (Å²) in [5.41, 5.74) is 2.63. The summed E-state index contributed by atoms with van der Waals surface area (Å²) in [6.45, 7) is 8.70. The monoisotopic (exact) mass is 425 g/mol. The normalized spacial score (nSPS) is 14.3. The van der Waals surface area contributed by atoms with Gasteiger partial charge in [-0.3, -0.25) is 9.69 Å². The molecule has 1 heterocycles. The number of carbonyl (C=O) groups is 1. The summed E-state index contributed by atoms with van der Waals surface area (Å²) >= 11 is 0. The first-order valence-corrected chi connectivity index (χ1v) is 11.2. The summed E-state index contributed by atoms with van der Waals surface area (Å²) in [7, 11) is 1.64. The lowest BCUT2D eigenvalue weighted by molar-refractivity contribution is -0.121. The highest BCUT2D eigenvalue weighted by molar-refractivity contribution is 5.75. The van der Waals surface area contributed by atoms with E-state index in [9.17, 15) is 4.79 Å². The average Bonchev–Trinajstić information content (AvgIpc) is 2.80. The predicted molar refractivity (Wildman–Crippen MR) is 125 cm³/mol. The molecule has 1 N–H and O–H groups in total. The van der Waals surface area contributed by atoms with Crippen LogP contribution in [0.4, 0.5) is 5.69 Å². The van der Waals surface area contributed by atoms with Crippen LogP contribution in [0, 0.1) is 6.92 Å². The Bertz CT molecular complexity index is 802. The van der Waals surface area contributed by atoms with Crippen molar-refractivity contribution in [2.45, 2.75) is 26.2 Å². The van der Waals surface area contributed by atoms with Gasteiger partial charge in [-0.25, -0.2) is 0 Å². The summed E-state index contributed by atoms with van der Waals surface area (Å²) in [5.74, 6) is 1.70. The van der Waals surface area contributed by atoms with Crippen LogP contribution in [0.3, 0.4) is 0 Å². The number of piperazine rings is 1. The molecular weight excluding hydrogens is 390 g/mol. The molecule has 1 fully saturated rings. The summed E-state index contributed by atoms with van der Waals surface area (Å²) in [4.78, 5) is 17.0. The Hall–Kier alpha value is -2.73. The van der Waals surface area contributed by atoms with Crippen LogP contribution in [-0.2, 0) is 4.79 Å². The Kier molecular flexibility index (Phi) is 9.03. The number of aryl methyl sites for hydroxylation is 1. The molecule has 0 atom stereocenters. The van der Waals surface area contributed by atoms with Crippen molar-refractivity contribution in [1.82, 2.24) is 10.2 Å². The smallest absolute Gasteiger partial charge is 0.220 e. The topological polar surface area (TPSA) is 54.0 Å². The highest BCUT2D eigenvalue weighted by atomic mass is 16.5. The minimum Gasteiger partial charge on any atom is -0.497 e. The fourth-order valence-corrected chi connectivity index (χ4v) is 3.77. The van der Waals surface area contributed by atoms with Gasteiger partial charge in [-0.05, 0) is 68.3 Å². The van der Waals surface area contributed by atoms with Crippen LogP contribution >= 0.6 is 0 Å². The van der Waals surface area contributed by atoms with Crippen molar-refractivity contribution < 1.29 is 14.3 Å². The number of ether oxygens (including phenoxy) is 2. The van der Waals surface area contributed by atoms with Gasteiger partial charge >= 0.3 is 0 Å². The first kappa shape index (κ1) is 22.9. The minimum atomic E-state index is 0.0996. The number of hydrogen-bond donors (Lipinski definition) is 1. The number of nitrogens with zero attached hydrogens (tertiary/aromatic N) is 2. The average molecular weight is 426 g/mol. The van der Waals surface area contributed by atoms with Gasteiger partial charge in [0.05, 0.1) is 13.7 Å². The molecule has 0 saturated carbocycles. The second kappa shape index (κ2) is 12.2. The van der Waals surface area contributed by atoms with Crippen molar-refractivity contribution in [2.75, 3.05) is 57.9 Å². The fourth-order valence-electron chi connectivity index (χ4n) is 3.77. The van der Waals surface area contributed by atoms with Crippen molar-refractivity contribution in [2.24, 2.45) is 0 Å². The van der Waals surface area contributed by atoms with Gasteiger partial charge in [-0.15, -0.1) is 0 Å². The van der Waals surface area contributed by atoms with E-state index in [4.69, 9.17) is 9.47 Å². The van der Waals surface area contributed by atoms with Crippen LogP contribution < -0.4 is 19.7 Å². The number of anilines is 1. The van der Waals surface area contributed by atoms with Gasteiger partial charge < -0.3 is 19.7 Å². The van der Waals surface area contributed by atoms with Crippen molar-refractivity contribution in [3.05, 3.63) is 54.1 Å². The van der Waals surface area contributed by atoms with E-state index in [1.165, 1.54) is 11.3 Å². The molecule has 1 amide bonds. The van der Waals surface area contributed by atoms with E-state index < -0.39 is 0 Å². The zero-order valence-electron chi connectivity index (χ0n) is 18.8. The molecule has 168 valence electrons. The predicted octanol–water partition coefficient (Wildman–Crippen LogP) is 3.49. The molecule has 6 heteroatoms. The van der Waals surface area contributed by atoms with Crippen LogP contribution in [0.25, 0.3) is 0 Å². The van der Waals surface area contributed by atoms with Crippen LogP contribution in [-0.4, -0.2) is 63.8 Å². The third-order valence-electron chi connectivity index (χ3n) is 5.59. The van der Waals surface area contributed by atoms with Crippen LogP contribution in [0.5, 0.6) is 11.5 Å². The zero-order valence-corrected chi connectivity index (χ0v) is 18.8. The van der Waals surface area contributed by atoms with Gasteiger partial charge in [-0.1, -0.05) is 12.1 Å². The van der Waals surface area contributed by atoms with Crippen molar-refractivity contribution in [1.29, 1.82) is 0 Å². The fraction of sp³-hybridized carbons (Fsp3) is 0.480. The van der Waals surface area contributed by atoms with Crippen molar-refractivity contribution in [3.63, 3.8) is 0 Å². The maximum Gasteiger partial charge on any atom is 0.220 e. The summed E-state index contributed by atoms with van der Waals surface area (Å²) < 4.78 is 10.8. The Morgan fingerprint density at radius 2 is 1.74 bits per heavy atom. The summed E-state index contributed by atoms with van der Waals surface area (Å²) in [6.07, 6.45) is 2.18. The molecule has 1 aliphatic rings. The molecule has 0 bridgehead atoms. The van der Waals surface area contributed by atoms with E-state index in [0.717, 1.165) is 57.2 Å². The SMILES string of the molecule is COc1ccc(OCCCC(=O)NCCCN2CCN(c3cccc(C)c3)CC2)cc1. The number of benzene rings is 2. The first-order chi connectivity index (χ1) is 15.1. The summed E-state index contributed by atoms with van der Waals surface area (Å²) in [6, 6.07) is 16.2. The van der Waals surface area contributed by atoms with E-state index in [-0.39, 0.29) is 5.91 Å². The zero-order chi connectivity index (χ0) is 21.9. The van der Waals surface area contributed by atoms with Gasteiger partial charge in [0.15, 0.2) is 0 Å². The third-order valence-corrected chi connectivity index (χ3v) is 5.59. The number of carbonyl (C=O) groups excluding carboxylic acids is 1. The van der Waals surface area contributed by atoms with Gasteiger partial charge in [0, 0.05) is 44.8 Å². The number of nitrogens with one attached hydrogen (secondary N) is 1. The Morgan fingerprint density at radius 1 is 1.00 bits per heavy atom. The first-order valence-electron chi connectivity index (χ1n) is 11.2. The van der Waals surface area contributed by atoms with E-state index in [0.29, 0.717) is 19.4 Å². The van der Waals surface area contributed by atoms with Gasteiger partial charge in [-0.2, -0.15) is 0 Å². The Labute approximate surface area is 186 Å². The Morgan fingerprint density at radius 3 is 2.45 bits per heavy atom. The number of amides is 1. The summed E-state index contributed by atoms with van der Waals surface area (Å²) in [5, 5.41) is 3.03. The lowest BCUT2D eigenvalue weighted by Gasteiger charge is -2.36. The quantitative estimate of drug-likeness (QED) is 0.559. The molecule has 2 aromatic carbocycles. The van der Waals surface area contributed by atoms with Crippen LogP contribution in [0.2, 0.25) is 0 Å². The second-order valence-electron chi connectivity index (χ2n) is 8.00. The van der Waals surface area contributed by atoms with E-state index in [1.807, 2.05) is 24.3 Å². The molecule has 0 spiro atoms. The molecule has 3 rings (SSSR count). The molecule has 0 unspecified atom stereocenters. The molecule has 1 saturated heterocycles. The molecular formula is C25H35N3O3. The molecule has 0 aliphatic carbocycles. The molecule has 0 aromatic heterocycles. The van der Waals surface area contributed by atoms with Gasteiger partial charge in [0.2, 0.25) is 5.91 Å². The highest BCUT2D eigenvalue weighted by Crippen LogP contribution is 2.18. The minimum absolute atomic E-state index is 0.0996. The standard InChI is InChI=1S/C25H35N3O3/c1-21-6-3-7-22(20-21)28-17-15-27(16-18-28)14-5-13-26-25(29)8-4-19-31-24-11-9-23(30-2)10-12-24/h3,6-7,9-12,20H,4-5,8,13-19H2,1-2H3,(H,26,29). The van der Waals surface area contributed by atoms with E-state index in [1.54, 1.807) is 7.11 Å². The number of hydrogen-bond acceptors (Lipinski definition) is 5. The van der Waals surface area contributed by atoms with Crippen LogP contribution in [0.15, 0.2) is 48.5 Å². The maximum atomic E-state index is 12.0. The van der Waals surface area contributed by atoms with E-state index >= 15 is 0 Å². The number of rotatable bonds is 11. The van der Waals surface area contributed by atoms with Crippen molar-refractivity contribution >= 4 is 11.6 Å². The lowest BCUT2D eigenvalue weighted by Crippen LogP contribution is -2.47. The Balaban J connectivity index is 1.21. The second-order valence-corrected chi connectivity index (χ2v) is 8.00. The molecule has 6 nitrogen and oxygen atoms in total. The largest absolute Gasteiger partial charge is 0.497 e. The molecule has 0 radical (unpaired) electrons. The molecule has 2 aromatic rings. The number of methoxy groups -OCH3 is 1. The molecule has 1 aliphatic heterocycles. The third kappa shape index (κ3) is 7.79. The van der Waals surface area contributed by atoms with Crippen LogP contribution in [0.1, 0.15) is 24.8 Å². The van der Waals surface area contributed by atoms with Gasteiger partial charge in [0.25, 0.3) is 0 Å². The lowest BCUT2D eigenvalue weighted by atomic mass is 10.2. The highest BCUT2D eigenvalue weighted by Gasteiger charge is 2.16. The molecule has 31 heavy (non-hydrogen) atoms.